The van der Waals surface area contributed by atoms with Crippen molar-refractivity contribution in [1.82, 2.24) is 20.0 Å². The normalized spacial score (nSPS) is 20.4. The predicted molar refractivity (Wildman–Crippen MR) is 77.1 cm³/mol. The minimum absolute atomic E-state index is 0.314. The van der Waals surface area contributed by atoms with Gasteiger partial charge in [0.25, 0.3) is 0 Å². The lowest BCUT2D eigenvalue weighted by Crippen LogP contribution is -2.36. The number of carbonyl (C=O) groups excluding carboxylic acids is 1. The second kappa shape index (κ2) is 7.65. The molecule has 2 aliphatic heterocycles. The highest BCUT2D eigenvalue weighted by Gasteiger charge is 2.38. The van der Waals surface area contributed by atoms with Crippen molar-refractivity contribution in [3.8, 4) is 0 Å². The summed E-state index contributed by atoms with van der Waals surface area (Å²) >= 11 is 0. The van der Waals surface area contributed by atoms with E-state index in [9.17, 15) is 18.0 Å². The summed E-state index contributed by atoms with van der Waals surface area (Å²) in [7, 11) is 0. The molecule has 1 atom stereocenters. The van der Waals surface area contributed by atoms with Crippen molar-refractivity contribution in [2.24, 2.45) is 0 Å². The number of nitrogens with zero attached hydrogens (tertiary/aromatic N) is 3. The first-order chi connectivity index (χ1) is 11.3. The van der Waals surface area contributed by atoms with Gasteiger partial charge in [-0.1, -0.05) is 0 Å². The van der Waals surface area contributed by atoms with Crippen LogP contribution >= 0.6 is 0 Å². The third kappa shape index (κ3) is 4.70. The van der Waals surface area contributed by atoms with Gasteiger partial charge in [0.2, 0.25) is 5.91 Å². The van der Waals surface area contributed by atoms with E-state index < -0.39 is 12.1 Å². The number of carboxylic acids is 1. The van der Waals surface area contributed by atoms with Crippen molar-refractivity contribution in [3.63, 3.8) is 0 Å². The number of amides is 1. The van der Waals surface area contributed by atoms with E-state index in [4.69, 9.17) is 9.90 Å². The third-order valence-corrected chi connectivity index (χ3v) is 3.93. The van der Waals surface area contributed by atoms with Crippen LogP contribution in [0.25, 0.3) is 0 Å². The number of fused-ring (bicyclic) bond motifs is 1. The lowest BCUT2D eigenvalue weighted by Gasteiger charge is -2.27. The fourth-order valence-electron chi connectivity index (χ4n) is 2.73. The lowest BCUT2D eigenvalue weighted by atomic mass is 10.1. The molecule has 1 saturated heterocycles. The molecule has 0 spiro atoms. The number of hydrogen-bond donors (Lipinski definition) is 2. The van der Waals surface area contributed by atoms with Gasteiger partial charge in [0.05, 0.1) is 11.7 Å². The molecular weight excluding hydrogens is 329 g/mol. The van der Waals surface area contributed by atoms with Crippen LogP contribution in [0, 0.1) is 0 Å². The van der Waals surface area contributed by atoms with Crippen molar-refractivity contribution in [2.75, 3.05) is 19.6 Å². The molecule has 2 N–H and O–H groups in total. The summed E-state index contributed by atoms with van der Waals surface area (Å²) in [5.41, 5.74) is 1.24. The number of carbonyl (C=O) groups is 2. The number of hydrogen-bond acceptors (Lipinski definition) is 4. The molecule has 1 fully saturated rings. The monoisotopic (exact) mass is 348 g/mol. The van der Waals surface area contributed by atoms with Gasteiger partial charge in [-0.15, -0.1) is 0 Å². The zero-order chi connectivity index (χ0) is 17.7. The van der Waals surface area contributed by atoms with Crippen LogP contribution in [-0.2, 0) is 16.1 Å². The van der Waals surface area contributed by atoms with E-state index >= 15 is 0 Å². The van der Waals surface area contributed by atoms with Crippen LogP contribution in [0.3, 0.4) is 0 Å². The molecular formula is C14H19F3N4O3. The van der Waals surface area contributed by atoms with Gasteiger partial charge >= 0.3 is 12.1 Å². The Hall–Kier alpha value is -2.10. The highest BCUT2D eigenvalue weighted by Crippen LogP contribution is 2.19. The summed E-state index contributed by atoms with van der Waals surface area (Å²) in [5.74, 6) is -2.44. The van der Waals surface area contributed by atoms with E-state index in [1.807, 2.05) is 11.1 Å². The van der Waals surface area contributed by atoms with Gasteiger partial charge in [-0.25, -0.2) is 4.79 Å². The molecule has 2 aliphatic rings. The SMILES string of the molecule is O=C(O)C(F)(F)F.O=C1CCCN1CCC1CNCc2ccnn21. The molecule has 1 unspecified atom stereocenters. The maximum Gasteiger partial charge on any atom is 0.490 e. The average Bonchev–Trinajstić information content (AvgIpc) is 3.13. The predicted octanol–water partition coefficient (Wildman–Crippen LogP) is 1.17. The summed E-state index contributed by atoms with van der Waals surface area (Å²) < 4.78 is 33.8. The molecule has 1 aromatic heterocycles. The van der Waals surface area contributed by atoms with Crippen molar-refractivity contribution >= 4 is 11.9 Å². The van der Waals surface area contributed by atoms with Gasteiger partial charge in [-0.3, -0.25) is 9.48 Å². The molecule has 134 valence electrons. The van der Waals surface area contributed by atoms with E-state index in [1.54, 1.807) is 0 Å². The van der Waals surface area contributed by atoms with Crippen molar-refractivity contribution < 1.29 is 27.9 Å². The topological polar surface area (TPSA) is 87.5 Å². The molecule has 1 aromatic rings. The Kier molecular flexibility index (Phi) is 5.81. The third-order valence-electron chi connectivity index (χ3n) is 3.93. The standard InChI is InChI=1S/C12H18N4O.C2HF3O2/c17-12-2-1-6-15(12)7-4-11-9-13-8-10-3-5-14-16(10)11;3-2(4,5)1(6)7/h3,5,11,13H,1-2,4,6-9H2;(H,6,7). The zero-order valence-electron chi connectivity index (χ0n) is 12.9. The van der Waals surface area contributed by atoms with Gasteiger partial charge in [-0.2, -0.15) is 18.3 Å². The Morgan fingerprint density at radius 3 is 2.75 bits per heavy atom. The molecule has 0 saturated carbocycles. The van der Waals surface area contributed by atoms with Crippen molar-refractivity contribution in [1.29, 1.82) is 0 Å². The number of halogens is 3. The van der Waals surface area contributed by atoms with E-state index in [2.05, 4.69) is 21.2 Å². The Morgan fingerprint density at radius 2 is 2.17 bits per heavy atom. The number of aliphatic carboxylic acids is 1. The Labute approximate surface area is 136 Å². The van der Waals surface area contributed by atoms with Crippen LogP contribution in [0.4, 0.5) is 13.2 Å². The maximum atomic E-state index is 11.5. The second-order valence-electron chi connectivity index (χ2n) is 5.63. The van der Waals surface area contributed by atoms with Crippen LogP contribution in [0.1, 0.15) is 31.0 Å². The fraction of sp³-hybridized carbons (Fsp3) is 0.643. The molecule has 0 aliphatic carbocycles. The summed E-state index contributed by atoms with van der Waals surface area (Å²) in [6.07, 6.45) is -0.478. The minimum atomic E-state index is -5.08. The van der Waals surface area contributed by atoms with E-state index in [0.717, 1.165) is 45.4 Å². The number of rotatable bonds is 3. The molecule has 3 rings (SSSR count). The van der Waals surface area contributed by atoms with Gasteiger partial charge < -0.3 is 15.3 Å². The first-order valence-electron chi connectivity index (χ1n) is 7.60. The van der Waals surface area contributed by atoms with Crippen LogP contribution in [-0.4, -0.2) is 57.5 Å². The van der Waals surface area contributed by atoms with Crippen molar-refractivity contribution in [3.05, 3.63) is 18.0 Å². The maximum absolute atomic E-state index is 11.5. The zero-order valence-corrected chi connectivity index (χ0v) is 12.9. The largest absolute Gasteiger partial charge is 0.490 e. The lowest BCUT2D eigenvalue weighted by molar-refractivity contribution is -0.192. The Balaban J connectivity index is 0.000000256. The number of aromatic nitrogens is 2. The molecule has 1 amide bonds. The van der Waals surface area contributed by atoms with Crippen LogP contribution in [0.15, 0.2) is 12.3 Å². The van der Waals surface area contributed by atoms with Crippen LogP contribution in [0.5, 0.6) is 0 Å². The molecule has 24 heavy (non-hydrogen) atoms. The van der Waals surface area contributed by atoms with Crippen LogP contribution < -0.4 is 5.32 Å². The summed E-state index contributed by atoms with van der Waals surface area (Å²) in [6, 6.07) is 2.45. The molecule has 10 heteroatoms. The Morgan fingerprint density at radius 1 is 1.46 bits per heavy atom. The summed E-state index contributed by atoms with van der Waals surface area (Å²) in [4.78, 5) is 22.4. The van der Waals surface area contributed by atoms with E-state index in [0.29, 0.717) is 11.9 Å². The van der Waals surface area contributed by atoms with Crippen LogP contribution in [0.2, 0.25) is 0 Å². The molecule has 3 heterocycles. The van der Waals surface area contributed by atoms with E-state index in [-0.39, 0.29) is 0 Å². The summed E-state index contributed by atoms with van der Waals surface area (Å²) in [5, 5.41) is 14.9. The van der Waals surface area contributed by atoms with Crippen molar-refractivity contribution in [2.45, 2.75) is 38.0 Å². The molecule has 7 nitrogen and oxygen atoms in total. The number of alkyl halides is 3. The quantitative estimate of drug-likeness (QED) is 0.856. The highest BCUT2D eigenvalue weighted by atomic mass is 19.4. The number of nitrogens with one attached hydrogen (secondary N) is 1. The number of likely N-dealkylation sites (tertiary alicyclic amines) is 1. The average molecular weight is 348 g/mol. The first kappa shape index (κ1) is 18.2. The van der Waals surface area contributed by atoms with Gasteiger partial charge in [0.1, 0.15) is 0 Å². The van der Waals surface area contributed by atoms with E-state index in [1.165, 1.54) is 5.69 Å². The minimum Gasteiger partial charge on any atom is -0.475 e. The number of carboxylic acid groups (broad SMARTS) is 1. The first-order valence-corrected chi connectivity index (χ1v) is 7.60. The fourth-order valence-corrected chi connectivity index (χ4v) is 2.73. The highest BCUT2D eigenvalue weighted by molar-refractivity contribution is 5.78. The molecule has 0 aromatic carbocycles. The second-order valence-corrected chi connectivity index (χ2v) is 5.63. The van der Waals surface area contributed by atoms with Gasteiger partial charge in [0.15, 0.2) is 0 Å². The Bertz CT molecular complexity index is 588. The van der Waals surface area contributed by atoms with Gasteiger partial charge in [0, 0.05) is 38.8 Å². The molecule has 0 bridgehead atoms. The summed E-state index contributed by atoms with van der Waals surface area (Å²) in [6.45, 7) is 3.66. The van der Waals surface area contributed by atoms with Gasteiger partial charge in [-0.05, 0) is 18.9 Å². The molecule has 0 radical (unpaired) electrons. The smallest absolute Gasteiger partial charge is 0.475 e.